The fourth-order valence-corrected chi connectivity index (χ4v) is 7.44. The Balaban J connectivity index is 1.72. The molecule has 4 rings (SSSR count). The van der Waals surface area contributed by atoms with Crippen LogP contribution in [0.3, 0.4) is 0 Å². The van der Waals surface area contributed by atoms with E-state index in [1.54, 1.807) is 10.6 Å². The van der Waals surface area contributed by atoms with Crippen LogP contribution in [0, 0.1) is 5.92 Å². The molecule has 2 fully saturated rings. The minimum Gasteiger partial charge on any atom is -0.476 e. The van der Waals surface area contributed by atoms with Gasteiger partial charge in [0.2, 0.25) is 5.69 Å². The second kappa shape index (κ2) is 10.6. The molecule has 6 nitrogen and oxygen atoms in total. The maximum Gasteiger partial charge on any atom is 0.360 e. The van der Waals surface area contributed by atoms with Gasteiger partial charge in [0.05, 0.1) is 11.0 Å². The fraction of sp³-hybridized carbons (Fsp3) is 0.700. The number of para-hydroxylation sites is 2. The summed E-state index contributed by atoms with van der Waals surface area (Å²) < 4.78 is 1.71. The fourth-order valence-electron chi connectivity index (χ4n) is 7.44. The minimum absolute atomic E-state index is 0.0788. The number of benzene rings is 1. The molecule has 1 saturated carbocycles. The van der Waals surface area contributed by atoms with Gasteiger partial charge in [0.1, 0.15) is 0 Å². The van der Waals surface area contributed by atoms with E-state index in [0.29, 0.717) is 29.0 Å². The Bertz CT molecular complexity index is 1130. The van der Waals surface area contributed by atoms with E-state index in [2.05, 4.69) is 44.5 Å². The van der Waals surface area contributed by atoms with Crippen molar-refractivity contribution in [2.75, 3.05) is 0 Å². The molecule has 0 unspecified atom stereocenters. The van der Waals surface area contributed by atoms with E-state index in [0.717, 1.165) is 12.8 Å². The Morgan fingerprint density at radius 3 is 2.28 bits per heavy atom. The molecule has 2 aromatic rings. The van der Waals surface area contributed by atoms with Crippen LogP contribution in [0.25, 0.3) is 11.0 Å². The average Bonchev–Trinajstić information content (AvgIpc) is 2.77. The Labute approximate surface area is 216 Å². The Hall–Kier alpha value is -2.21. The van der Waals surface area contributed by atoms with Crippen molar-refractivity contribution in [3.8, 4) is 0 Å². The van der Waals surface area contributed by atoms with E-state index in [9.17, 15) is 14.7 Å². The summed E-state index contributed by atoms with van der Waals surface area (Å²) in [4.78, 5) is 32.4. The number of likely N-dealkylation sites (tertiary alicyclic amines) is 1. The number of aromatic nitrogens is 2. The normalized spacial score (nSPS) is 23.4. The van der Waals surface area contributed by atoms with E-state index in [1.165, 1.54) is 57.8 Å². The molecule has 198 valence electrons. The number of hydrogen-bond donors (Lipinski definition) is 1. The lowest BCUT2D eigenvalue weighted by Crippen LogP contribution is -2.61. The minimum atomic E-state index is -1.27. The van der Waals surface area contributed by atoms with Crippen molar-refractivity contribution < 1.29 is 9.90 Å². The van der Waals surface area contributed by atoms with Crippen molar-refractivity contribution in [2.24, 2.45) is 5.92 Å². The van der Waals surface area contributed by atoms with Gasteiger partial charge in [-0.05, 0) is 84.8 Å². The molecular weight excluding hydrogens is 450 g/mol. The van der Waals surface area contributed by atoms with Gasteiger partial charge in [-0.2, -0.15) is 0 Å². The van der Waals surface area contributed by atoms with Crippen molar-refractivity contribution in [3.05, 3.63) is 40.3 Å². The number of nitrogens with zero attached hydrogens (tertiary/aromatic N) is 3. The van der Waals surface area contributed by atoms with Crippen molar-refractivity contribution in [1.82, 2.24) is 14.5 Å². The molecule has 0 amide bonds. The zero-order valence-electron chi connectivity index (χ0n) is 22.9. The topological polar surface area (TPSA) is 75.4 Å². The maximum absolute atomic E-state index is 13.5. The van der Waals surface area contributed by atoms with Crippen LogP contribution < -0.4 is 5.56 Å². The Morgan fingerprint density at radius 1 is 0.972 bits per heavy atom. The molecule has 2 heterocycles. The van der Waals surface area contributed by atoms with Gasteiger partial charge in [0.25, 0.3) is 5.56 Å². The quantitative estimate of drug-likeness (QED) is 0.488. The molecule has 2 aliphatic rings. The zero-order chi connectivity index (χ0) is 26.1. The lowest BCUT2D eigenvalue weighted by atomic mass is 9.73. The predicted octanol–water partition coefficient (Wildman–Crippen LogP) is 6.60. The Kier molecular flexibility index (Phi) is 7.94. The lowest BCUT2D eigenvalue weighted by Gasteiger charge is -2.55. The number of carboxylic acid groups (broad SMARTS) is 1. The third-order valence-electron chi connectivity index (χ3n) is 9.10. The molecule has 1 saturated heterocycles. The van der Waals surface area contributed by atoms with Gasteiger partial charge in [-0.25, -0.2) is 9.78 Å². The smallest absolute Gasteiger partial charge is 0.360 e. The number of carboxylic acids is 1. The van der Waals surface area contributed by atoms with Gasteiger partial charge >= 0.3 is 5.97 Å². The van der Waals surface area contributed by atoms with Gasteiger partial charge in [-0.15, -0.1) is 0 Å². The highest BCUT2D eigenvalue weighted by Crippen LogP contribution is 2.42. The highest BCUT2D eigenvalue weighted by Gasteiger charge is 2.44. The molecule has 1 N–H and O–H groups in total. The van der Waals surface area contributed by atoms with E-state index < -0.39 is 22.8 Å². The molecule has 1 aliphatic heterocycles. The van der Waals surface area contributed by atoms with E-state index in [-0.39, 0.29) is 5.54 Å². The van der Waals surface area contributed by atoms with E-state index in [4.69, 9.17) is 0 Å². The SMILES string of the molecule is C[C@H]1CCC[C@@H](CC(C)(C)n2c(=O)c(C(=O)O)nc3ccccc32)N1C(C)(C)C1CCCCCCC1. The number of hydrogen-bond acceptors (Lipinski definition) is 4. The number of carbonyl (C=O) groups is 1. The maximum atomic E-state index is 13.5. The average molecular weight is 496 g/mol. The molecular formula is C30H45N3O3. The number of aromatic carboxylic acids is 1. The molecule has 0 radical (unpaired) electrons. The third-order valence-corrected chi connectivity index (χ3v) is 9.10. The molecule has 2 atom stereocenters. The van der Waals surface area contributed by atoms with Gasteiger partial charge in [-0.1, -0.05) is 50.7 Å². The van der Waals surface area contributed by atoms with Crippen molar-refractivity contribution >= 4 is 17.0 Å². The van der Waals surface area contributed by atoms with Crippen LogP contribution in [-0.4, -0.2) is 43.1 Å². The summed E-state index contributed by atoms with van der Waals surface area (Å²) in [6.07, 6.45) is 13.6. The summed E-state index contributed by atoms with van der Waals surface area (Å²) in [5, 5.41) is 9.72. The molecule has 1 aromatic carbocycles. The van der Waals surface area contributed by atoms with E-state index >= 15 is 0 Å². The summed E-state index contributed by atoms with van der Waals surface area (Å²) in [6, 6.07) is 8.22. The highest BCUT2D eigenvalue weighted by atomic mass is 16.4. The van der Waals surface area contributed by atoms with Crippen LogP contribution in [0.1, 0.15) is 116 Å². The molecule has 36 heavy (non-hydrogen) atoms. The first-order valence-electron chi connectivity index (χ1n) is 14.1. The lowest BCUT2D eigenvalue weighted by molar-refractivity contribution is -0.0521. The monoisotopic (exact) mass is 495 g/mol. The molecule has 1 aliphatic carbocycles. The van der Waals surface area contributed by atoms with E-state index in [1.807, 2.05) is 18.2 Å². The zero-order valence-corrected chi connectivity index (χ0v) is 22.9. The second-order valence-corrected chi connectivity index (χ2v) is 12.4. The number of piperidine rings is 1. The predicted molar refractivity (Wildman–Crippen MR) is 146 cm³/mol. The molecule has 6 heteroatoms. The first-order valence-corrected chi connectivity index (χ1v) is 14.1. The number of rotatable bonds is 6. The second-order valence-electron chi connectivity index (χ2n) is 12.4. The van der Waals surface area contributed by atoms with Crippen molar-refractivity contribution in [1.29, 1.82) is 0 Å². The third kappa shape index (κ3) is 5.25. The first-order chi connectivity index (χ1) is 17.0. The summed E-state index contributed by atoms with van der Waals surface area (Å²) in [7, 11) is 0. The molecule has 1 aromatic heterocycles. The van der Waals surface area contributed by atoms with Crippen molar-refractivity contribution in [2.45, 2.75) is 128 Å². The van der Waals surface area contributed by atoms with Crippen LogP contribution in [0.2, 0.25) is 0 Å². The van der Waals surface area contributed by atoms with Crippen LogP contribution >= 0.6 is 0 Å². The molecule has 0 spiro atoms. The largest absolute Gasteiger partial charge is 0.476 e. The summed E-state index contributed by atoms with van der Waals surface area (Å²) in [6.45, 7) is 11.5. The number of fused-ring (bicyclic) bond motifs is 1. The first kappa shape index (κ1) is 26.8. The summed E-state index contributed by atoms with van der Waals surface area (Å²) in [5.41, 5.74) is -0.152. The van der Waals surface area contributed by atoms with Crippen LogP contribution in [0.4, 0.5) is 0 Å². The standard InChI is InChI=1S/C30H45N3O3/c1-21-14-13-17-23(32(21)30(4,5)22-15-9-7-6-8-10-16-22)20-29(2,3)33-25-19-12-11-18-24(25)31-26(27(33)34)28(35)36/h11-12,18-19,21-23H,6-10,13-17,20H2,1-5H3,(H,35,36)/t21-,23-/m0/s1. The summed E-state index contributed by atoms with van der Waals surface area (Å²) >= 11 is 0. The van der Waals surface area contributed by atoms with Crippen LogP contribution in [0.5, 0.6) is 0 Å². The highest BCUT2D eigenvalue weighted by molar-refractivity contribution is 5.88. The van der Waals surface area contributed by atoms with Gasteiger partial charge in [0.15, 0.2) is 0 Å². The van der Waals surface area contributed by atoms with Crippen LogP contribution in [-0.2, 0) is 5.54 Å². The summed E-state index contributed by atoms with van der Waals surface area (Å²) in [5.74, 6) is -0.597. The molecule has 0 bridgehead atoms. The Morgan fingerprint density at radius 2 is 1.61 bits per heavy atom. The van der Waals surface area contributed by atoms with Gasteiger partial charge in [-0.3, -0.25) is 14.3 Å². The van der Waals surface area contributed by atoms with Gasteiger partial charge in [0, 0.05) is 23.2 Å². The van der Waals surface area contributed by atoms with Crippen molar-refractivity contribution in [3.63, 3.8) is 0 Å². The van der Waals surface area contributed by atoms with Crippen LogP contribution in [0.15, 0.2) is 29.1 Å². The van der Waals surface area contributed by atoms with Gasteiger partial charge < -0.3 is 5.11 Å².